The highest BCUT2D eigenvalue weighted by molar-refractivity contribution is 7.16. The molecule has 0 bridgehead atoms. The minimum Gasteiger partial charge on any atom is -0.496 e. The van der Waals surface area contributed by atoms with Crippen LogP contribution >= 0.6 is 11.3 Å². The molecule has 4 rings (SSSR count). The van der Waals surface area contributed by atoms with Gasteiger partial charge in [0.1, 0.15) is 11.4 Å². The molecule has 0 unspecified atom stereocenters. The molecule has 3 aromatic rings. The number of nitrogens with one attached hydrogen (secondary N) is 1. The van der Waals surface area contributed by atoms with Crippen LogP contribution < -0.4 is 15.0 Å². The van der Waals surface area contributed by atoms with Crippen molar-refractivity contribution < 1.29 is 14.5 Å². The Morgan fingerprint density at radius 3 is 2.59 bits per heavy atom. The van der Waals surface area contributed by atoms with E-state index in [9.17, 15) is 14.9 Å². The summed E-state index contributed by atoms with van der Waals surface area (Å²) in [6.07, 6.45) is 2.03. The molecule has 0 saturated carbocycles. The maximum Gasteiger partial charge on any atom is 0.293 e. The van der Waals surface area contributed by atoms with Crippen LogP contribution in [0.4, 0.5) is 16.5 Å². The average molecular weight is 453 g/mol. The number of hydrogen-bond donors (Lipinski definition) is 1. The number of carbonyl (C=O) groups excluding carboxylic acids is 1. The van der Waals surface area contributed by atoms with Crippen LogP contribution in [0.1, 0.15) is 33.6 Å². The van der Waals surface area contributed by atoms with Crippen molar-refractivity contribution >= 4 is 33.8 Å². The number of thiazole rings is 1. The molecule has 1 amide bonds. The lowest BCUT2D eigenvalue weighted by atomic mass is 10.1. The van der Waals surface area contributed by atoms with E-state index in [1.54, 1.807) is 19.2 Å². The summed E-state index contributed by atoms with van der Waals surface area (Å²) in [6, 6.07) is 10.5. The Kier molecular flexibility index (Phi) is 6.09. The molecule has 2 aromatic carbocycles. The molecule has 0 atom stereocenters. The third-order valence-corrected chi connectivity index (χ3v) is 6.45. The lowest BCUT2D eigenvalue weighted by molar-refractivity contribution is -0.384. The fraction of sp³-hybridized carbons (Fsp3) is 0.304. The van der Waals surface area contributed by atoms with Crippen molar-refractivity contribution in [1.29, 1.82) is 0 Å². The summed E-state index contributed by atoms with van der Waals surface area (Å²) in [5, 5.41) is 14.9. The maximum absolute atomic E-state index is 12.8. The predicted molar refractivity (Wildman–Crippen MR) is 126 cm³/mol. The molecule has 1 saturated heterocycles. The van der Waals surface area contributed by atoms with Gasteiger partial charge in [0, 0.05) is 35.2 Å². The van der Waals surface area contributed by atoms with Crippen LogP contribution in [0.2, 0.25) is 0 Å². The zero-order valence-corrected chi connectivity index (χ0v) is 19.0. The molecule has 0 radical (unpaired) electrons. The second-order valence-corrected chi connectivity index (χ2v) is 8.92. The molecule has 0 spiro atoms. The van der Waals surface area contributed by atoms with E-state index < -0.39 is 10.8 Å². The number of nitro benzene ring substituents is 1. The summed E-state index contributed by atoms with van der Waals surface area (Å²) in [4.78, 5) is 31.5. The SMILES string of the molecule is COc1ccc(-c2nc(NC(=O)c3ccc(N4CCCC4)c([N+](=O)[O-])c3)sc2C)cc1C. The van der Waals surface area contributed by atoms with Crippen LogP contribution in [0.15, 0.2) is 36.4 Å². The van der Waals surface area contributed by atoms with Gasteiger partial charge in [-0.25, -0.2) is 4.98 Å². The third-order valence-electron chi connectivity index (χ3n) is 5.57. The second-order valence-electron chi connectivity index (χ2n) is 7.72. The Balaban J connectivity index is 1.57. The summed E-state index contributed by atoms with van der Waals surface area (Å²) in [6.45, 7) is 5.49. The lowest BCUT2D eigenvalue weighted by Crippen LogP contribution is -2.19. The smallest absolute Gasteiger partial charge is 0.293 e. The van der Waals surface area contributed by atoms with Crippen LogP contribution in [0.5, 0.6) is 5.75 Å². The monoisotopic (exact) mass is 452 g/mol. The quantitative estimate of drug-likeness (QED) is 0.408. The predicted octanol–water partition coefficient (Wildman–Crippen LogP) is 5.20. The van der Waals surface area contributed by atoms with E-state index in [-0.39, 0.29) is 11.3 Å². The van der Waals surface area contributed by atoms with Gasteiger partial charge in [0.05, 0.1) is 17.7 Å². The molecule has 1 aliphatic heterocycles. The summed E-state index contributed by atoms with van der Waals surface area (Å²) >= 11 is 1.37. The summed E-state index contributed by atoms with van der Waals surface area (Å²) in [7, 11) is 1.63. The minimum atomic E-state index is -0.428. The van der Waals surface area contributed by atoms with E-state index in [1.807, 2.05) is 36.9 Å². The van der Waals surface area contributed by atoms with Gasteiger partial charge in [-0.15, -0.1) is 11.3 Å². The van der Waals surface area contributed by atoms with Gasteiger partial charge in [0.2, 0.25) is 0 Å². The van der Waals surface area contributed by atoms with Gasteiger partial charge in [0.25, 0.3) is 11.6 Å². The first-order chi connectivity index (χ1) is 15.4. The molecule has 166 valence electrons. The molecular weight excluding hydrogens is 428 g/mol. The minimum absolute atomic E-state index is 0.0516. The molecule has 1 fully saturated rings. The van der Waals surface area contributed by atoms with E-state index in [0.29, 0.717) is 10.8 Å². The number of hydrogen-bond acceptors (Lipinski definition) is 7. The molecule has 1 aliphatic rings. The Morgan fingerprint density at radius 2 is 1.94 bits per heavy atom. The van der Waals surface area contributed by atoms with Crippen molar-refractivity contribution in [2.45, 2.75) is 26.7 Å². The van der Waals surface area contributed by atoms with Gasteiger partial charge in [-0.2, -0.15) is 0 Å². The molecular formula is C23H24N4O4S. The lowest BCUT2D eigenvalue weighted by Gasteiger charge is -2.17. The van der Waals surface area contributed by atoms with Gasteiger partial charge >= 0.3 is 0 Å². The molecule has 8 nitrogen and oxygen atoms in total. The number of rotatable bonds is 6. The van der Waals surface area contributed by atoms with Gasteiger partial charge < -0.3 is 9.64 Å². The highest BCUT2D eigenvalue weighted by Crippen LogP contribution is 2.34. The Labute approximate surface area is 190 Å². The third kappa shape index (κ3) is 4.29. The highest BCUT2D eigenvalue weighted by Gasteiger charge is 2.24. The zero-order valence-electron chi connectivity index (χ0n) is 18.2. The van der Waals surface area contributed by atoms with E-state index in [1.165, 1.54) is 17.4 Å². The number of carbonyl (C=O) groups is 1. The Bertz CT molecular complexity index is 1180. The van der Waals surface area contributed by atoms with Crippen LogP contribution in [0.3, 0.4) is 0 Å². The van der Waals surface area contributed by atoms with Crippen molar-refractivity contribution in [3.8, 4) is 17.0 Å². The van der Waals surface area contributed by atoms with Gasteiger partial charge in [-0.1, -0.05) is 0 Å². The first kappa shape index (κ1) is 21.8. The van der Waals surface area contributed by atoms with Crippen molar-refractivity contribution in [1.82, 2.24) is 4.98 Å². The van der Waals surface area contributed by atoms with Crippen molar-refractivity contribution in [3.05, 3.63) is 62.5 Å². The topological polar surface area (TPSA) is 97.6 Å². The number of anilines is 2. The number of nitrogens with zero attached hydrogens (tertiary/aromatic N) is 3. The van der Waals surface area contributed by atoms with Gasteiger partial charge in [0.15, 0.2) is 5.13 Å². The molecule has 0 aliphatic carbocycles. The number of ether oxygens (including phenoxy) is 1. The van der Waals surface area contributed by atoms with E-state index >= 15 is 0 Å². The fourth-order valence-corrected chi connectivity index (χ4v) is 4.78. The number of benzene rings is 2. The van der Waals surface area contributed by atoms with Gasteiger partial charge in [-0.3, -0.25) is 20.2 Å². The van der Waals surface area contributed by atoms with Crippen LogP contribution in [0.25, 0.3) is 11.3 Å². The normalized spacial score (nSPS) is 13.3. The van der Waals surface area contributed by atoms with Crippen LogP contribution in [0, 0.1) is 24.0 Å². The maximum atomic E-state index is 12.8. The van der Waals surface area contributed by atoms with Gasteiger partial charge in [-0.05, 0) is 62.6 Å². The van der Waals surface area contributed by atoms with Crippen LogP contribution in [-0.2, 0) is 0 Å². The second kappa shape index (κ2) is 8.96. The summed E-state index contributed by atoms with van der Waals surface area (Å²) < 4.78 is 5.31. The standard InChI is InChI=1S/C23H24N4O4S/c1-14-12-16(7-9-20(14)31-3)21-15(2)32-23(24-21)25-22(28)17-6-8-18(19(13-17)27(29)30)26-10-4-5-11-26/h6-9,12-13H,4-5,10-11H2,1-3H3,(H,24,25,28). The molecule has 1 aromatic heterocycles. The highest BCUT2D eigenvalue weighted by atomic mass is 32.1. The Morgan fingerprint density at radius 1 is 1.19 bits per heavy atom. The van der Waals surface area contributed by atoms with Crippen molar-refractivity contribution in [2.75, 3.05) is 30.4 Å². The largest absolute Gasteiger partial charge is 0.496 e. The number of nitro groups is 1. The van der Waals surface area contributed by atoms with E-state index in [4.69, 9.17) is 4.74 Å². The number of aryl methyl sites for hydroxylation is 2. The van der Waals surface area contributed by atoms with Crippen LogP contribution in [-0.4, -0.2) is 36.0 Å². The number of aromatic nitrogens is 1. The van der Waals surface area contributed by atoms with Crippen molar-refractivity contribution in [3.63, 3.8) is 0 Å². The van der Waals surface area contributed by atoms with E-state index in [2.05, 4.69) is 10.3 Å². The first-order valence-corrected chi connectivity index (χ1v) is 11.2. The fourth-order valence-electron chi connectivity index (χ4n) is 3.95. The molecule has 2 heterocycles. The van der Waals surface area contributed by atoms with Crippen molar-refractivity contribution in [2.24, 2.45) is 0 Å². The molecule has 1 N–H and O–H groups in total. The zero-order chi connectivity index (χ0) is 22.8. The average Bonchev–Trinajstić information content (AvgIpc) is 3.43. The number of amides is 1. The molecule has 32 heavy (non-hydrogen) atoms. The Hall–Kier alpha value is -3.46. The first-order valence-electron chi connectivity index (χ1n) is 10.3. The molecule has 9 heteroatoms. The van der Waals surface area contributed by atoms with E-state index in [0.717, 1.165) is 53.4 Å². The summed E-state index contributed by atoms with van der Waals surface area (Å²) in [5.74, 6) is 0.376. The number of methoxy groups -OCH3 is 1. The summed E-state index contributed by atoms with van der Waals surface area (Å²) in [5.41, 5.74) is 3.45.